The molecule has 0 aliphatic heterocycles. The van der Waals surface area contributed by atoms with Crippen LogP contribution in [-0.4, -0.2) is 50.4 Å². The summed E-state index contributed by atoms with van der Waals surface area (Å²) in [5, 5.41) is 0. The smallest absolute Gasteiger partial charge is 0.461 e. The molecule has 0 fully saturated rings. The van der Waals surface area contributed by atoms with Crippen molar-refractivity contribution in [2.45, 2.75) is 12.1 Å². The average Bonchev–Trinajstić information content (AvgIpc) is 3.09. The number of ether oxygens (including phenoxy) is 2. The number of nitrogens with two attached hydrogens (primary N) is 2. The van der Waals surface area contributed by atoms with Crippen LogP contribution in [0.4, 0.5) is 0 Å². The van der Waals surface area contributed by atoms with E-state index in [0.717, 1.165) is 0 Å². The molecule has 0 saturated heterocycles. The van der Waals surface area contributed by atoms with Crippen molar-refractivity contribution in [3.8, 4) is 23.0 Å². The van der Waals surface area contributed by atoms with Crippen LogP contribution in [0, 0.1) is 0 Å². The van der Waals surface area contributed by atoms with Gasteiger partial charge in [-0.25, -0.2) is 9.13 Å². The van der Waals surface area contributed by atoms with Gasteiger partial charge in [-0.05, 0) is 48.5 Å². The van der Waals surface area contributed by atoms with Gasteiger partial charge in [-0.15, -0.1) is 0 Å². The average molecular weight is 701 g/mol. The zero-order valence-electron chi connectivity index (χ0n) is 25.5. The second-order valence-electron chi connectivity index (χ2n) is 9.65. The second-order valence-corrected chi connectivity index (χ2v) is 12.7. The first kappa shape index (κ1) is 36.2. The second kappa shape index (κ2) is 18.0. The summed E-state index contributed by atoms with van der Waals surface area (Å²) in [5.41, 5.74) is 11.7. The van der Waals surface area contributed by atoms with Crippen molar-refractivity contribution >= 4 is 27.6 Å². The lowest BCUT2D eigenvalue weighted by molar-refractivity contribution is -0.154. The fourth-order valence-corrected chi connectivity index (χ4v) is 6.05. The Morgan fingerprint density at radius 2 is 0.729 bits per heavy atom. The largest absolute Gasteiger partial charge is 0.587 e. The Hall–Kier alpha value is -4.68. The molecular formula is C32H34N2O12P2. The van der Waals surface area contributed by atoms with Crippen LogP contribution in [0.2, 0.25) is 0 Å². The standard InChI is InChI=1S/C32H34N2O12P2/c33-29(23-41-47(37,43-25-13-5-1-6-14-25)44-26-15-7-2-8-16-26)31(35)39-21-22-40-32(36)30(34)24-42-48(38,45-27-17-9-3-10-18-27)46-28-19-11-4-12-20-28/h1-20,29-30H,21-24,33-34H2. The molecule has 0 bridgehead atoms. The number of phosphoric ester groups is 2. The van der Waals surface area contributed by atoms with Crippen LogP contribution in [0.15, 0.2) is 121 Å². The summed E-state index contributed by atoms with van der Waals surface area (Å²) < 4.78 is 69.4. The van der Waals surface area contributed by atoms with Crippen LogP contribution >= 0.6 is 15.6 Å². The summed E-state index contributed by atoms with van der Waals surface area (Å²) >= 11 is 0. The van der Waals surface area contributed by atoms with E-state index >= 15 is 0 Å². The van der Waals surface area contributed by atoms with Gasteiger partial charge in [-0.2, -0.15) is 0 Å². The van der Waals surface area contributed by atoms with Crippen LogP contribution in [0.5, 0.6) is 23.0 Å². The number of carbonyl (C=O) groups is 2. The summed E-state index contributed by atoms with van der Waals surface area (Å²) in [5.74, 6) is -1.08. The first-order valence-electron chi connectivity index (χ1n) is 14.5. The summed E-state index contributed by atoms with van der Waals surface area (Å²) in [6.07, 6.45) is 0. The highest BCUT2D eigenvalue weighted by molar-refractivity contribution is 7.49. The molecule has 4 aromatic rings. The molecule has 0 aromatic heterocycles. The molecule has 4 aromatic carbocycles. The van der Waals surface area contributed by atoms with E-state index in [0.29, 0.717) is 0 Å². The van der Waals surface area contributed by atoms with Crippen molar-refractivity contribution in [2.75, 3.05) is 26.4 Å². The highest BCUT2D eigenvalue weighted by atomic mass is 31.2. The van der Waals surface area contributed by atoms with Gasteiger partial charge in [0.05, 0.1) is 13.2 Å². The molecule has 16 heteroatoms. The van der Waals surface area contributed by atoms with Crippen molar-refractivity contribution in [2.24, 2.45) is 11.5 Å². The third-order valence-corrected chi connectivity index (χ3v) is 8.51. The number of esters is 2. The molecule has 0 heterocycles. The van der Waals surface area contributed by atoms with E-state index in [1.165, 1.54) is 0 Å². The number of carbonyl (C=O) groups excluding carboxylic acids is 2. The summed E-state index contributed by atoms with van der Waals surface area (Å²) in [4.78, 5) is 24.9. The van der Waals surface area contributed by atoms with Crippen LogP contribution in [0.3, 0.4) is 0 Å². The molecule has 4 N–H and O–H groups in total. The highest BCUT2D eigenvalue weighted by Gasteiger charge is 2.34. The van der Waals surface area contributed by atoms with Crippen LogP contribution < -0.4 is 29.6 Å². The molecule has 4 rings (SSSR count). The number of hydrogen-bond acceptors (Lipinski definition) is 14. The predicted molar refractivity (Wildman–Crippen MR) is 173 cm³/mol. The minimum atomic E-state index is -4.29. The van der Waals surface area contributed by atoms with Crippen molar-refractivity contribution in [1.29, 1.82) is 0 Å². The highest BCUT2D eigenvalue weighted by Crippen LogP contribution is 2.50. The lowest BCUT2D eigenvalue weighted by Gasteiger charge is -2.21. The minimum absolute atomic E-state index is 0.202. The normalized spacial score (nSPS) is 12.6. The molecule has 2 unspecified atom stereocenters. The Bertz CT molecular complexity index is 1450. The van der Waals surface area contributed by atoms with Crippen molar-refractivity contribution in [3.63, 3.8) is 0 Å². The number of benzene rings is 4. The minimum Gasteiger partial charge on any atom is -0.461 e. The predicted octanol–water partition coefficient (Wildman–Crippen LogP) is 5.29. The maximum Gasteiger partial charge on any atom is 0.587 e. The maximum absolute atomic E-state index is 13.4. The van der Waals surface area contributed by atoms with Crippen LogP contribution in [0.1, 0.15) is 0 Å². The van der Waals surface area contributed by atoms with Gasteiger partial charge in [0.1, 0.15) is 48.3 Å². The molecule has 0 aliphatic rings. The van der Waals surface area contributed by atoms with E-state index in [1.54, 1.807) is 121 Å². The van der Waals surface area contributed by atoms with Gasteiger partial charge in [0.2, 0.25) is 0 Å². The Labute approximate surface area is 277 Å². The van der Waals surface area contributed by atoms with E-state index in [2.05, 4.69) is 0 Å². The summed E-state index contributed by atoms with van der Waals surface area (Å²) in [7, 11) is -8.58. The topological polar surface area (TPSA) is 194 Å². The monoisotopic (exact) mass is 700 g/mol. The van der Waals surface area contributed by atoms with Crippen LogP contribution in [-0.2, 0) is 37.2 Å². The number of rotatable bonds is 19. The number of hydrogen-bond donors (Lipinski definition) is 2. The van der Waals surface area contributed by atoms with Crippen molar-refractivity contribution in [3.05, 3.63) is 121 Å². The van der Waals surface area contributed by atoms with E-state index in [9.17, 15) is 18.7 Å². The molecular weight excluding hydrogens is 666 g/mol. The SMILES string of the molecule is NC(COP(=O)(Oc1ccccc1)Oc1ccccc1)C(=O)OCCOC(=O)C(N)COP(=O)(Oc1ccccc1)Oc1ccccc1. The van der Waals surface area contributed by atoms with Crippen LogP contribution in [0.25, 0.3) is 0 Å². The Morgan fingerprint density at radius 3 is 0.979 bits per heavy atom. The Kier molecular flexibility index (Phi) is 13.6. The Balaban J connectivity index is 1.22. The van der Waals surface area contributed by atoms with Gasteiger partial charge < -0.3 is 39.0 Å². The molecule has 0 spiro atoms. The molecule has 2 atom stereocenters. The zero-order chi connectivity index (χ0) is 34.2. The first-order chi connectivity index (χ1) is 23.1. The van der Waals surface area contributed by atoms with Gasteiger partial charge >= 0.3 is 27.6 Å². The first-order valence-corrected chi connectivity index (χ1v) is 17.4. The molecule has 0 saturated carbocycles. The van der Waals surface area contributed by atoms with Gasteiger partial charge in [-0.1, -0.05) is 72.8 Å². The molecule has 14 nitrogen and oxygen atoms in total. The molecule has 0 amide bonds. The summed E-state index contributed by atoms with van der Waals surface area (Å²) in [6.45, 7) is -1.96. The molecule has 254 valence electrons. The quantitative estimate of drug-likeness (QED) is 0.0727. The van der Waals surface area contributed by atoms with E-state index in [1.807, 2.05) is 0 Å². The van der Waals surface area contributed by atoms with Gasteiger partial charge in [0, 0.05) is 0 Å². The van der Waals surface area contributed by atoms with E-state index in [4.69, 9.17) is 48.1 Å². The third-order valence-electron chi connectivity index (χ3n) is 5.84. The van der Waals surface area contributed by atoms with Gasteiger partial charge in [0.25, 0.3) is 0 Å². The summed E-state index contributed by atoms with van der Waals surface area (Å²) in [6, 6.07) is 29.9. The molecule has 48 heavy (non-hydrogen) atoms. The van der Waals surface area contributed by atoms with E-state index < -0.39 is 66.1 Å². The number of phosphoric acid groups is 2. The third kappa shape index (κ3) is 12.2. The lowest BCUT2D eigenvalue weighted by atomic mass is 10.3. The van der Waals surface area contributed by atoms with Crippen molar-refractivity contribution < 1.29 is 55.3 Å². The van der Waals surface area contributed by atoms with Crippen molar-refractivity contribution in [1.82, 2.24) is 0 Å². The maximum atomic E-state index is 13.4. The van der Waals surface area contributed by atoms with E-state index in [-0.39, 0.29) is 23.0 Å². The fraction of sp³-hybridized carbons (Fsp3) is 0.188. The van der Waals surface area contributed by atoms with Gasteiger partial charge in [-0.3, -0.25) is 18.6 Å². The fourth-order valence-electron chi connectivity index (χ4n) is 3.56. The molecule has 0 aliphatic carbocycles. The number of para-hydroxylation sites is 4. The van der Waals surface area contributed by atoms with Gasteiger partial charge in [0.15, 0.2) is 0 Å². The molecule has 0 radical (unpaired) electrons. The lowest BCUT2D eigenvalue weighted by Crippen LogP contribution is -2.39. The Morgan fingerprint density at radius 1 is 0.479 bits per heavy atom. The zero-order valence-corrected chi connectivity index (χ0v) is 27.3.